The van der Waals surface area contributed by atoms with Gasteiger partial charge in [0.15, 0.2) is 0 Å². The van der Waals surface area contributed by atoms with E-state index >= 15 is 0 Å². The lowest BCUT2D eigenvalue weighted by atomic mass is 10.1. The lowest BCUT2D eigenvalue weighted by Crippen LogP contribution is -2.10. The molecule has 0 aliphatic rings. The Morgan fingerprint density at radius 1 is 1.10 bits per heavy atom. The van der Waals surface area contributed by atoms with Gasteiger partial charge in [-0.1, -0.05) is 44.0 Å². The Balaban J connectivity index is 2.16. The fourth-order valence-electron chi connectivity index (χ4n) is 2.41. The van der Waals surface area contributed by atoms with Crippen molar-refractivity contribution in [1.82, 2.24) is 9.55 Å². The number of hydrogen-bond acceptors (Lipinski definition) is 2. The van der Waals surface area contributed by atoms with Crippen molar-refractivity contribution < 1.29 is 0 Å². The molecule has 1 heterocycles. The van der Waals surface area contributed by atoms with Gasteiger partial charge in [-0.2, -0.15) is 0 Å². The van der Waals surface area contributed by atoms with Crippen molar-refractivity contribution in [1.29, 1.82) is 0 Å². The molecule has 0 bridgehead atoms. The van der Waals surface area contributed by atoms with E-state index < -0.39 is 0 Å². The predicted octanol–water partition coefficient (Wildman–Crippen LogP) is 4.75. The second-order valence-electron chi connectivity index (χ2n) is 4.70. The number of benzene rings is 2. The van der Waals surface area contributed by atoms with Gasteiger partial charge in [-0.15, -0.1) is 0 Å². The third-order valence-corrected chi connectivity index (χ3v) is 4.38. The van der Waals surface area contributed by atoms with Gasteiger partial charge in [-0.3, -0.25) is 0 Å². The first-order chi connectivity index (χ1) is 9.56. The number of imidazole rings is 1. The molecule has 3 rings (SSSR count). The summed E-state index contributed by atoms with van der Waals surface area (Å²) in [6, 6.07) is 14.4. The minimum absolute atomic E-state index is 0.124. The maximum atomic E-state index is 6.10. The van der Waals surface area contributed by atoms with Gasteiger partial charge in [0.25, 0.3) is 0 Å². The van der Waals surface area contributed by atoms with Crippen LogP contribution in [0.2, 0.25) is 0 Å². The highest BCUT2D eigenvalue weighted by Crippen LogP contribution is 2.29. The van der Waals surface area contributed by atoms with Gasteiger partial charge in [-0.25, -0.2) is 4.98 Å². The van der Waals surface area contributed by atoms with Crippen LogP contribution in [0.4, 0.5) is 5.95 Å². The van der Waals surface area contributed by atoms with Crippen LogP contribution in [0.5, 0.6) is 0 Å². The molecule has 0 aliphatic heterocycles. The summed E-state index contributed by atoms with van der Waals surface area (Å²) < 4.78 is 4.13. The third kappa shape index (κ3) is 2.36. The summed E-state index contributed by atoms with van der Waals surface area (Å²) in [6.45, 7) is 2.13. The lowest BCUT2D eigenvalue weighted by Gasteiger charge is -2.16. The van der Waals surface area contributed by atoms with Crippen LogP contribution in [0.15, 0.2) is 51.4 Å². The summed E-state index contributed by atoms with van der Waals surface area (Å²) >= 11 is 6.97. The zero-order chi connectivity index (χ0) is 14.3. The van der Waals surface area contributed by atoms with E-state index in [0.29, 0.717) is 5.95 Å². The Morgan fingerprint density at radius 3 is 2.60 bits per heavy atom. The standard InChI is InChI=1S/C15H13Br2N3/c1-9(10-3-2-4-11(16)7-10)20-14-6-5-12(17)8-13(14)19-15(20)18/h2-9H,1H3,(H2,18,19). The fourth-order valence-corrected chi connectivity index (χ4v) is 3.18. The molecular formula is C15H13Br2N3. The number of rotatable bonds is 2. The first-order valence-electron chi connectivity index (χ1n) is 6.24. The minimum atomic E-state index is 0.124. The zero-order valence-corrected chi connectivity index (χ0v) is 14.0. The number of anilines is 1. The Kier molecular flexibility index (Phi) is 3.56. The van der Waals surface area contributed by atoms with Gasteiger partial charge in [0, 0.05) is 8.95 Å². The van der Waals surface area contributed by atoms with Gasteiger partial charge < -0.3 is 10.3 Å². The van der Waals surface area contributed by atoms with Crippen LogP contribution < -0.4 is 5.73 Å². The van der Waals surface area contributed by atoms with E-state index in [-0.39, 0.29) is 6.04 Å². The molecule has 2 aromatic carbocycles. The average molecular weight is 395 g/mol. The quantitative estimate of drug-likeness (QED) is 0.681. The number of nitrogens with two attached hydrogens (primary N) is 1. The molecule has 3 nitrogen and oxygen atoms in total. The molecular weight excluding hydrogens is 382 g/mol. The minimum Gasteiger partial charge on any atom is -0.369 e. The van der Waals surface area contributed by atoms with Crippen LogP contribution >= 0.6 is 31.9 Å². The molecule has 1 atom stereocenters. The third-order valence-electron chi connectivity index (χ3n) is 3.40. The van der Waals surface area contributed by atoms with Gasteiger partial charge >= 0.3 is 0 Å². The highest BCUT2D eigenvalue weighted by atomic mass is 79.9. The van der Waals surface area contributed by atoms with Crippen LogP contribution in [0.1, 0.15) is 18.5 Å². The Bertz CT molecular complexity index is 780. The zero-order valence-electron chi connectivity index (χ0n) is 10.8. The first kappa shape index (κ1) is 13.6. The predicted molar refractivity (Wildman–Crippen MR) is 89.8 cm³/mol. The van der Waals surface area contributed by atoms with Crippen molar-refractivity contribution in [2.24, 2.45) is 0 Å². The molecule has 0 aliphatic carbocycles. The molecule has 2 N–H and O–H groups in total. The summed E-state index contributed by atoms with van der Waals surface area (Å²) in [7, 11) is 0. The molecule has 20 heavy (non-hydrogen) atoms. The monoisotopic (exact) mass is 393 g/mol. The molecule has 1 aromatic heterocycles. The van der Waals surface area contributed by atoms with Crippen molar-refractivity contribution in [3.63, 3.8) is 0 Å². The maximum absolute atomic E-state index is 6.10. The number of aromatic nitrogens is 2. The van der Waals surface area contributed by atoms with Crippen molar-refractivity contribution in [3.8, 4) is 0 Å². The Morgan fingerprint density at radius 2 is 1.85 bits per heavy atom. The van der Waals surface area contributed by atoms with E-state index in [1.807, 2.05) is 30.3 Å². The van der Waals surface area contributed by atoms with Gasteiger partial charge in [0.1, 0.15) is 0 Å². The van der Waals surface area contributed by atoms with Gasteiger partial charge in [-0.05, 0) is 42.8 Å². The molecule has 0 radical (unpaired) electrons. The van der Waals surface area contributed by atoms with Gasteiger partial charge in [0.05, 0.1) is 17.1 Å². The van der Waals surface area contributed by atoms with Crippen LogP contribution in [0.3, 0.4) is 0 Å². The second-order valence-corrected chi connectivity index (χ2v) is 6.54. The highest BCUT2D eigenvalue weighted by molar-refractivity contribution is 9.10. The number of nitrogens with zero attached hydrogens (tertiary/aromatic N) is 2. The Hall–Kier alpha value is -1.33. The normalized spacial score (nSPS) is 12.8. The molecule has 1 unspecified atom stereocenters. The summed E-state index contributed by atoms with van der Waals surface area (Å²) in [5, 5.41) is 0. The van der Waals surface area contributed by atoms with E-state index in [0.717, 1.165) is 20.0 Å². The van der Waals surface area contributed by atoms with Crippen LogP contribution in [-0.4, -0.2) is 9.55 Å². The lowest BCUT2D eigenvalue weighted by molar-refractivity contribution is 0.667. The summed E-state index contributed by atoms with van der Waals surface area (Å²) in [4.78, 5) is 4.44. The molecule has 0 spiro atoms. The molecule has 5 heteroatoms. The van der Waals surface area contributed by atoms with Crippen molar-refractivity contribution >= 4 is 48.8 Å². The average Bonchev–Trinajstić information content (AvgIpc) is 2.73. The van der Waals surface area contributed by atoms with Crippen LogP contribution in [-0.2, 0) is 0 Å². The van der Waals surface area contributed by atoms with Crippen molar-refractivity contribution in [2.75, 3.05) is 5.73 Å². The van der Waals surface area contributed by atoms with Gasteiger partial charge in [0.2, 0.25) is 5.95 Å². The summed E-state index contributed by atoms with van der Waals surface area (Å²) in [6.07, 6.45) is 0. The molecule has 102 valence electrons. The number of fused-ring (bicyclic) bond motifs is 1. The molecule has 0 fully saturated rings. The van der Waals surface area contributed by atoms with E-state index in [1.54, 1.807) is 0 Å². The van der Waals surface area contributed by atoms with Crippen molar-refractivity contribution in [2.45, 2.75) is 13.0 Å². The molecule has 0 saturated heterocycles. The summed E-state index contributed by atoms with van der Waals surface area (Å²) in [5.74, 6) is 0.533. The highest BCUT2D eigenvalue weighted by Gasteiger charge is 2.15. The number of hydrogen-bond donors (Lipinski definition) is 1. The SMILES string of the molecule is CC(c1cccc(Br)c1)n1c(N)nc2cc(Br)ccc21. The number of halogens is 2. The maximum Gasteiger partial charge on any atom is 0.201 e. The van der Waals surface area contributed by atoms with Crippen molar-refractivity contribution in [3.05, 3.63) is 57.0 Å². The van der Waals surface area contributed by atoms with Crippen LogP contribution in [0.25, 0.3) is 11.0 Å². The second kappa shape index (κ2) is 5.22. The topological polar surface area (TPSA) is 43.8 Å². The van der Waals surface area contributed by atoms with E-state index in [2.05, 4.69) is 60.5 Å². The molecule has 3 aromatic rings. The molecule has 0 amide bonds. The molecule has 0 saturated carbocycles. The number of nitrogen functional groups attached to an aromatic ring is 1. The Labute approximate surface area is 134 Å². The fraction of sp³-hybridized carbons (Fsp3) is 0.133. The largest absolute Gasteiger partial charge is 0.369 e. The summed E-state index contributed by atoms with van der Waals surface area (Å²) in [5.41, 5.74) is 9.23. The van der Waals surface area contributed by atoms with E-state index in [1.165, 1.54) is 5.56 Å². The first-order valence-corrected chi connectivity index (χ1v) is 7.83. The van der Waals surface area contributed by atoms with E-state index in [9.17, 15) is 0 Å². The van der Waals surface area contributed by atoms with E-state index in [4.69, 9.17) is 5.73 Å². The smallest absolute Gasteiger partial charge is 0.201 e. The van der Waals surface area contributed by atoms with Crippen LogP contribution in [0, 0.1) is 0 Å².